The van der Waals surface area contributed by atoms with Gasteiger partial charge in [0.05, 0.1) is 17.4 Å². The molecule has 0 aliphatic carbocycles. The molecule has 0 saturated carbocycles. The third-order valence-corrected chi connectivity index (χ3v) is 2.63. The van der Waals surface area contributed by atoms with Gasteiger partial charge >= 0.3 is 11.3 Å². The summed E-state index contributed by atoms with van der Waals surface area (Å²) in [6.45, 7) is 1.62. The zero-order valence-corrected chi connectivity index (χ0v) is 9.59. The Bertz CT molecular complexity index is 703. The third-order valence-electron chi connectivity index (χ3n) is 2.63. The van der Waals surface area contributed by atoms with Crippen LogP contribution in [-0.4, -0.2) is 17.1 Å². The highest BCUT2D eigenvalue weighted by Crippen LogP contribution is 2.35. The van der Waals surface area contributed by atoms with Gasteiger partial charge in [0, 0.05) is 5.56 Å². The molecule has 94 valence electrons. The number of nitro groups is 1. The maximum Gasteiger partial charge on any atom is 0.419 e. The number of benzene rings is 1. The largest absolute Gasteiger partial charge is 0.501 e. The molecule has 18 heavy (non-hydrogen) atoms. The smallest absolute Gasteiger partial charge is 0.419 e. The number of nitrogens with zero attached hydrogens (tertiary/aromatic N) is 1. The summed E-state index contributed by atoms with van der Waals surface area (Å²) in [5, 5.41) is 20.5. The molecule has 1 aromatic carbocycles. The molecule has 0 amide bonds. The average molecular weight is 251 g/mol. The highest BCUT2D eigenvalue weighted by atomic mass is 16.6. The molecule has 1 heterocycles. The van der Waals surface area contributed by atoms with Crippen LogP contribution in [0.3, 0.4) is 0 Å². The van der Waals surface area contributed by atoms with Gasteiger partial charge < -0.3 is 14.3 Å². The van der Waals surface area contributed by atoms with Crippen LogP contribution in [0.2, 0.25) is 0 Å². The molecule has 1 aromatic heterocycles. The summed E-state index contributed by atoms with van der Waals surface area (Å²) in [5.41, 5.74) is -1.60. The number of methoxy groups -OCH3 is 1. The number of hydrogen-bond donors (Lipinski definition) is 1. The monoisotopic (exact) mass is 251 g/mol. The lowest BCUT2D eigenvalue weighted by Gasteiger charge is -2.07. The third kappa shape index (κ3) is 1.56. The Morgan fingerprint density at radius 1 is 1.44 bits per heavy atom. The van der Waals surface area contributed by atoms with Crippen LogP contribution in [-0.2, 0) is 0 Å². The first-order valence-electron chi connectivity index (χ1n) is 4.95. The van der Waals surface area contributed by atoms with Crippen molar-refractivity contribution >= 4 is 16.7 Å². The van der Waals surface area contributed by atoms with Crippen LogP contribution in [0.5, 0.6) is 11.5 Å². The highest BCUT2D eigenvalue weighted by Gasteiger charge is 2.25. The van der Waals surface area contributed by atoms with E-state index in [0.717, 1.165) is 0 Å². The Morgan fingerprint density at radius 3 is 2.67 bits per heavy atom. The minimum Gasteiger partial charge on any atom is -0.501 e. The SMILES string of the molecule is COc1ccc2c(O)c([N+](=O)[O-])c(=O)oc2c1C. The standard InChI is InChI=1S/C11H9NO6/c1-5-7(17-2)4-3-6-9(13)8(12(15)16)11(14)18-10(5)6/h3-4,13H,1-2H3. The van der Waals surface area contributed by atoms with E-state index in [9.17, 15) is 20.0 Å². The van der Waals surface area contributed by atoms with Crippen LogP contribution in [0.15, 0.2) is 21.3 Å². The predicted molar refractivity (Wildman–Crippen MR) is 62.1 cm³/mol. The van der Waals surface area contributed by atoms with Crippen LogP contribution >= 0.6 is 0 Å². The molecule has 0 unspecified atom stereocenters. The average Bonchev–Trinajstić information content (AvgIpc) is 2.30. The van der Waals surface area contributed by atoms with E-state index in [2.05, 4.69) is 0 Å². The summed E-state index contributed by atoms with van der Waals surface area (Å²) in [6, 6.07) is 2.92. The second-order valence-corrected chi connectivity index (χ2v) is 3.61. The lowest BCUT2D eigenvalue weighted by Crippen LogP contribution is -2.07. The van der Waals surface area contributed by atoms with Crippen molar-refractivity contribution in [2.45, 2.75) is 6.92 Å². The van der Waals surface area contributed by atoms with E-state index in [1.54, 1.807) is 6.92 Å². The van der Waals surface area contributed by atoms with Crippen LogP contribution in [0.1, 0.15) is 5.56 Å². The molecule has 2 aromatic rings. The summed E-state index contributed by atoms with van der Waals surface area (Å²) in [7, 11) is 1.44. The Hall–Kier alpha value is -2.57. The zero-order valence-electron chi connectivity index (χ0n) is 9.59. The fourth-order valence-electron chi connectivity index (χ4n) is 1.74. The lowest BCUT2D eigenvalue weighted by molar-refractivity contribution is -0.388. The van der Waals surface area contributed by atoms with Gasteiger partial charge in [0.1, 0.15) is 11.3 Å². The van der Waals surface area contributed by atoms with Crippen molar-refractivity contribution < 1.29 is 19.2 Å². The van der Waals surface area contributed by atoms with E-state index in [-0.39, 0.29) is 11.0 Å². The van der Waals surface area contributed by atoms with E-state index >= 15 is 0 Å². The first-order valence-corrected chi connectivity index (χ1v) is 4.95. The van der Waals surface area contributed by atoms with Crippen molar-refractivity contribution in [2.24, 2.45) is 0 Å². The number of rotatable bonds is 2. The Balaban J connectivity index is 2.95. The van der Waals surface area contributed by atoms with Gasteiger partial charge in [-0.2, -0.15) is 0 Å². The van der Waals surface area contributed by atoms with Crippen molar-refractivity contribution in [3.63, 3.8) is 0 Å². The van der Waals surface area contributed by atoms with Crippen molar-refractivity contribution in [1.29, 1.82) is 0 Å². The van der Waals surface area contributed by atoms with Crippen molar-refractivity contribution in [2.75, 3.05) is 7.11 Å². The first kappa shape index (κ1) is 11.9. The maximum atomic E-state index is 11.4. The molecule has 7 nitrogen and oxygen atoms in total. The fourth-order valence-corrected chi connectivity index (χ4v) is 1.74. The van der Waals surface area contributed by atoms with Gasteiger partial charge in [-0.05, 0) is 19.1 Å². The second kappa shape index (κ2) is 4.02. The molecule has 0 radical (unpaired) electrons. The molecule has 0 fully saturated rings. The molecule has 0 bridgehead atoms. The molecule has 0 atom stereocenters. The molecule has 2 rings (SSSR count). The molecule has 0 aliphatic heterocycles. The van der Waals surface area contributed by atoms with Crippen molar-refractivity contribution in [3.05, 3.63) is 38.2 Å². The lowest BCUT2D eigenvalue weighted by atomic mass is 10.1. The van der Waals surface area contributed by atoms with Crippen LogP contribution in [0.25, 0.3) is 11.0 Å². The molecule has 0 spiro atoms. The van der Waals surface area contributed by atoms with E-state index in [4.69, 9.17) is 9.15 Å². The van der Waals surface area contributed by atoms with Gasteiger partial charge in [-0.25, -0.2) is 4.79 Å². The Kier molecular flexibility index (Phi) is 2.66. The zero-order chi connectivity index (χ0) is 13.4. The van der Waals surface area contributed by atoms with E-state index in [1.165, 1.54) is 19.2 Å². The van der Waals surface area contributed by atoms with E-state index in [0.29, 0.717) is 11.3 Å². The number of hydrogen-bond acceptors (Lipinski definition) is 6. The van der Waals surface area contributed by atoms with Gasteiger partial charge in [-0.3, -0.25) is 10.1 Å². The summed E-state index contributed by atoms with van der Waals surface area (Å²) < 4.78 is 9.90. The van der Waals surface area contributed by atoms with Crippen molar-refractivity contribution in [3.8, 4) is 11.5 Å². The van der Waals surface area contributed by atoms with Gasteiger partial charge in [-0.1, -0.05) is 0 Å². The minimum atomic E-state index is -1.19. The summed E-state index contributed by atoms with van der Waals surface area (Å²) >= 11 is 0. The molecular weight excluding hydrogens is 242 g/mol. The molecule has 0 aliphatic rings. The predicted octanol–water partition coefficient (Wildman–Crippen LogP) is 1.72. The van der Waals surface area contributed by atoms with Gasteiger partial charge in [0.2, 0.25) is 5.75 Å². The van der Waals surface area contributed by atoms with E-state index < -0.39 is 22.0 Å². The van der Waals surface area contributed by atoms with Gasteiger partial charge in [-0.15, -0.1) is 0 Å². The van der Waals surface area contributed by atoms with Crippen LogP contribution in [0, 0.1) is 17.0 Å². The quantitative estimate of drug-likeness (QED) is 0.495. The number of aryl methyl sites for hydroxylation is 1. The van der Waals surface area contributed by atoms with Crippen molar-refractivity contribution in [1.82, 2.24) is 0 Å². The molecule has 0 saturated heterocycles. The Labute approximate surface area is 100 Å². The van der Waals surface area contributed by atoms with E-state index in [1.807, 2.05) is 0 Å². The van der Waals surface area contributed by atoms with Gasteiger partial charge in [0.25, 0.3) is 0 Å². The number of fused-ring (bicyclic) bond motifs is 1. The highest BCUT2D eigenvalue weighted by molar-refractivity contribution is 5.89. The summed E-state index contributed by atoms with van der Waals surface area (Å²) in [5.74, 6) is -0.240. The first-order chi connectivity index (χ1) is 8.47. The molecule has 7 heteroatoms. The number of aromatic hydroxyl groups is 1. The second-order valence-electron chi connectivity index (χ2n) is 3.61. The van der Waals surface area contributed by atoms with Crippen LogP contribution in [0.4, 0.5) is 5.69 Å². The molecular formula is C11H9NO6. The fraction of sp³-hybridized carbons (Fsp3) is 0.182. The topological polar surface area (TPSA) is 103 Å². The summed E-state index contributed by atoms with van der Waals surface area (Å²) in [4.78, 5) is 21.1. The minimum absolute atomic E-state index is 0.0717. The summed E-state index contributed by atoms with van der Waals surface area (Å²) in [6.07, 6.45) is 0. The van der Waals surface area contributed by atoms with Gasteiger partial charge in [0.15, 0.2) is 0 Å². The maximum absolute atomic E-state index is 11.4. The Morgan fingerprint density at radius 2 is 2.11 bits per heavy atom. The number of ether oxygens (including phenoxy) is 1. The molecule has 1 N–H and O–H groups in total. The normalized spacial score (nSPS) is 10.6. The van der Waals surface area contributed by atoms with Crippen LogP contribution < -0.4 is 10.4 Å².